The van der Waals surface area contributed by atoms with Crippen LogP contribution in [0.5, 0.6) is 11.5 Å². The first kappa shape index (κ1) is 29.8. The minimum Gasteiger partial charge on any atom is -0.494 e. The fourth-order valence-corrected chi connectivity index (χ4v) is 4.56. The van der Waals surface area contributed by atoms with Crippen LogP contribution in [0.1, 0.15) is 57.2 Å². The Hall–Kier alpha value is -4.17. The molecule has 0 saturated carbocycles. The summed E-state index contributed by atoms with van der Waals surface area (Å²) in [5.41, 5.74) is 3.37. The lowest BCUT2D eigenvalue weighted by Crippen LogP contribution is -2.21. The first-order chi connectivity index (χ1) is 19.6. The summed E-state index contributed by atoms with van der Waals surface area (Å²) in [4.78, 5) is 30.7. The zero-order valence-corrected chi connectivity index (χ0v) is 24.9. The standard InChI is InChI=1S/C32H34ClN3O5/c1-7-39-29-14-21(6)26(16-25(29)19(2)3)31-35-27-11-9-8-10-24(27)32(38)36(31)34-17-22-15-23(33)12-13-28(22)40-18-30(37)41-20(4)5/h8-17,19-20H,7,18H2,1-6H3. The van der Waals surface area contributed by atoms with Crippen LogP contribution in [-0.2, 0) is 9.53 Å². The van der Waals surface area contributed by atoms with E-state index >= 15 is 0 Å². The van der Waals surface area contributed by atoms with Gasteiger partial charge in [-0.2, -0.15) is 9.78 Å². The van der Waals surface area contributed by atoms with Crippen LogP contribution in [0.3, 0.4) is 0 Å². The Labute approximate surface area is 244 Å². The smallest absolute Gasteiger partial charge is 0.344 e. The Balaban J connectivity index is 1.86. The average molecular weight is 576 g/mol. The number of fused-ring (bicyclic) bond motifs is 1. The van der Waals surface area contributed by atoms with Crippen LogP contribution in [0.4, 0.5) is 0 Å². The van der Waals surface area contributed by atoms with E-state index in [1.165, 1.54) is 10.9 Å². The molecule has 8 nitrogen and oxygen atoms in total. The Morgan fingerprint density at radius 3 is 2.51 bits per heavy atom. The molecule has 0 aliphatic carbocycles. The highest BCUT2D eigenvalue weighted by Crippen LogP contribution is 2.34. The Morgan fingerprint density at radius 1 is 1.05 bits per heavy atom. The molecule has 1 aromatic heterocycles. The third kappa shape index (κ3) is 6.95. The summed E-state index contributed by atoms with van der Waals surface area (Å²) < 4.78 is 18.1. The van der Waals surface area contributed by atoms with Crippen molar-refractivity contribution in [1.82, 2.24) is 9.66 Å². The summed E-state index contributed by atoms with van der Waals surface area (Å²) in [6.07, 6.45) is 1.22. The number of nitrogens with zero attached hydrogens (tertiary/aromatic N) is 3. The summed E-state index contributed by atoms with van der Waals surface area (Å²) in [5, 5.41) is 5.46. The van der Waals surface area contributed by atoms with Crippen LogP contribution < -0.4 is 15.0 Å². The molecule has 0 unspecified atom stereocenters. The van der Waals surface area contributed by atoms with Gasteiger partial charge in [0.25, 0.3) is 5.56 Å². The summed E-state index contributed by atoms with van der Waals surface area (Å²) in [7, 11) is 0. The molecule has 4 rings (SSSR count). The molecular weight excluding hydrogens is 542 g/mol. The van der Waals surface area contributed by atoms with Crippen molar-refractivity contribution in [2.75, 3.05) is 13.2 Å². The topological polar surface area (TPSA) is 92.0 Å². The lowest BCUT2D eigenvalue weighted by molar-refractivity contribution is -0.149. The van der Waals surface area contributed by atoms with Crippen LogP contribution >= 0.6 is 11.6 Å². The normalized spacial score (nSPS) is 11.5. The van der Waals surface area contributed by atoms with Gasteiger partial charge in [-0.1, -0.05) is 37.6 Å². The number of ether oxygens (including phenoxy) is 3. The van der Waals surface area contributed by atoms with Crippen molar-refractivity contribution < 1.29 is 19.0 Å². The maximum atomic E-state index is 13.8. The van der Waals surface area contributed by atoms with Gasteiger partial charge in [0.15, 0.2) is 12.4 Å². The largest absolute Gasteiger partial charge is 0.494 e. The first-order valence-corrected chi connectivity index (χ1v) is 13.9. The summed E-state index contributed by atoms with van der Waals surface area (Å²) in [6.45, 7) is 11.9. The van der Waals surface area contributed by atoms with Gasteiger partial charge in [-0.3, -0.25) is 4.79 Å². The van der Waals surface area contributed by atoms with Crippen molar-refractivity contribution >= 4 is 34.7 Å². The number of carbonyl (C=O) groups is 1. The molecule has 0 radical (unpaired) electrons. The molecule has 0 amide bonds. The number of aryl methyl sites for hydroxylation is 1. The molecule has 0 bridgehead atoms. The van der Waals surface area contributed by atoms with E-state index < -0.39 is 5.97 Å². The van der Waals surface area contributed by atoms with Gasteiger partial charge in [-0.05, 0) is 87.2 Å². The van der Waals surface area contributed by atoms with E-state index in [1.807, 2.05) is 32.0 Å². The highest BCUT2D eigenvalue weighted by atomic mass is 35.5. The Bertz CT molecular complexity index is 1660. The Kier molecular flexibility index (Phi) is 9.45. The molecule has 0 saturated heterocycles. The molecule has 4 aromatic rings. The fraction of sp³-hybridized carbons (Fsp3) is 0.312. The van der Waals surface area contributed by atoms with Gasteiger partial charge in [0.05, 0.1) is 29.8 Å². The van der Waals surface area contributed by atoms with Crippen LogP contribution in [0.25, 0.3) is 22.3 Å². The van der Waals surface area contributed by atoms with E-state index in [0.29, 0.717) is 39.7 Å². The van der Waals surface area contributed by atoms with Crippen molar-refractivity contribution in [3.8, 4) is 22.9 Å². The minimum atomic E-state index is -0.498. The molecule has 0 spiro atoms. The number of para-hydroxylation sites is 1. The second kappa shape index (κ2) is 13.0. The number of carbonyl (C=O) groups excluding carboxylic acids is 1. The van der Waals surface area contributed by atoms with E-state index in [4.69, 9.17) is 30.8 Å². The minimum absolute atomic E-state index is 0.175. The zero-order valence-electron chi connectivity index (χ0n) is 24.1. The molecule has 9 heteroatoms. The number of hydrogen-bond acceptors (Lipinski definition) is 7. The predicted octanol–water partition coefficient (Wildman–Crippen LogP) is 6.76. The molecule has 1 heterocycles. The molecule has 0 atom stereocenters. The van der Waals surface area contributed by atoms with Gasteiger partial charge >= 0.3 is 5.97 Å². The summed E-state index contributed by atoms with van der Waals surface area (Å²) >= 11 is 6.27. The van der Waals surface area contributed by atoms with E-state index in [1.54, 1.807) is 50.2 Å². The number of halogens is 1. The lowest BCUT2D eigenvalue weighted by Gasteiger charge is -2.18. The highest BCUT2D eigenvalue weighted by molar-refractivity contribution is 6.30. The number of benzene rings is 3. The third-order valence-electron chi connectivity index (χ3n) is 6.27. The second-order valence-corrected chi connectivity index (χ2v) is 10.6. The van der Waals surface area contributed by atoms with Gasteiger partial charge in [-0.15, -0.1) is 0 Å². The van der Waals surface area contributed by atoms with Crippen LogP contribution in [0.15, 0.2) is 64.5 Å². The Morgan fingerprint density at radius 2 is 1.80 bits per heavy atom. The first-order valence-electron chi connectivity index (χ1n) is 13.5. The third-order valence-corrected chi connectivity index (χ3v) is 6.51. The zero-order chi connectivity index (χ0) is 29.7. The van der Waals surface area contributed by atoms with Crippen molar-refractivity contribution in [2.45, 2.75) is 53.6 Å². The van der Waals surface area contributed by atoms with E-state index in [0.717, 1.165) is 22.4 Å². The molecule has 0 N–H and O–H groups in total. The highest BCUT2D eigenvalue weighted by Gasteiger charge is 2.19. The number of rotatable bonds is 10. The predicted molar refractivity (Wildman–Crippen MR) is 163 cm³/mol. The lowest BCUT2D eigenvalue weighted by atomic mass is 9.96. The number of aromatic nitrogens is 2. The van der Waals surface area contributed by atoms with E-state index in [9.17, 15) is 9.59 Å². The molecule has 0 fully saturated rings. The molecule has 214 valence electrons. The number of hydrogen-bond donors (Lipinski definition) is 0. The van der Waals surface area contributed by atoms with Gasteiger partial charge in [-0.25, -0.2) is 9.78 Å². The quantitative estimate of drug-likeness (QED) is 0.153. The van der Waals surface area contributed by atoms with Crippen molar-refractivity contribution in [2.24, 2.45) is 5.10 Å². The maximum absolute atomic E-state index is 13.8. The molecule has 3 aromatic carbocycles. The van der Waals surface area contributed by atoms with Crippen molar-refractivity contribution in [3.63, 3.8) is 0 Å². The average Bonchev–Trinajstić information content (AvgIpc) is 2.92. The van der Waals surface area contributed by atoms with Gasteiger partial charge in [0.1, 0.15) is 11.5 Å². The molecule has 0 aliphatic heterocycles. The summed E-state index contributed by atoms with van der Waals surface area (Å²) in [5.74, 6) is 1.23. The van der Waals surface area contributed by atoms with Crippen molar-refractivity contribution in [1.29, 1.82) is 0 Å². The maximum Gasteiger partial charge on any atom is 0.344 e. The van der Waals surface area contributed by atoms with Crippen LogP contribution in [0, 0.1) is 6.92 Å². The van der Waals surface area contributed by atoms with E-state index in [2.05, 4.69) is 18.9 Å². The van der Waals surface area contributed by atoms with E-state index in [-0.39, 0.29) is 24.2 Å². The monoisotopic (exact) mass is 575 g/mol. The SMILES string of the molecule is CCOc1cc(C)c(-c2nc3ccccc3c(=O)n2N=Cc2cc(Cl)ccc2OCC(=O)OC(C)C)cc1C(C)C. The molecular formula is C32H34ClN3O5. The van der Waals surface area contributed by atoms with Crippen molar-refractivity contribution in [3.05, 3.63) is 86.7 Å². The summed E-state index contributed by atoms with van der Waals surface area (Å²) in [6, 6.07) is 16.1. The second-order valence-electron chi connectivity index (χ2n) is 10.1. The number of esters is 1. The van der Waals surface area contributed by atoms with Crippen LogP contribution in [-0.4, -0.2) is 41.2 Å². The van der Waals surface area contributed by atoms with Gasteiger partial charge in [0, 0.05) is 16.1 Å². The van der Waals surface area contributed by atoms with Crippen LogP contribution in [0.2, 0.25) is 5.02 Å². The fourth-order valence-electron chi connectivity index (χ4n) is 4.38. The van der Waals surface area contributed by atoms with Gasteiger partial charge < -0.3 is 14.2 Å². The molecule has 41 heavy (non-hydrogen) atoms. The molecule has 0 aliphatic rings. The van der Waals surface area contributed by atoms with Gasteiger partial charge in [0.2, 0.25) is 0 Å².